The molecule has 24 heavy (non-hydrogen) atoms. The van der Waals surface area contributed by atoms with Crippen LogP contribution in [0.25, 0.3) is 10.4 Å². The van der Waals surface area contributed by atoms with Gasteiger partial charge < -0.3 is 9.29 Å². The molecule has 1 unspecified atom stereocenters. The zero-order chi connectivity index (χ0) is 17.6. The van der Waals surface area contributed by atoms with Crippen molar-refractivity contribution in [2.75, 3.05) is 13.1 Å². The highest BCUT2D eigenvalue weighted by atomic mass is 32.2. The highest BCUT2D eigenvalue weighted by Crippen LogP contribution is 2.36. The van der Waals surface area contributed by atoms with E-state index in [9.17, 15) is 13.6 Å². The van der Waals surface area contributed by atoms with Gasteiger partial charge in [0.15, 0.2) is 5.54 Å². The lowest BCUT2D eigenvalue weighted by Crippen LogP contribution is -2.45. The van der Waals surface area contributed by atoms with E-state index in [0.717, 1.165) is 9.87 Å². The Hall–Kier alpha value is -2.19. The minimum absolute atomic E-state index is 0.0175. The number of carbonyl (C=O) groups excluding carboxylic acids is 1. The van der Waals surface area contributed by atoms with Gasteiger partial charge in [-0.05, 0) is 23.4 Å². The highest BCUT2D eigenvalue weighted by Gasteiger charge is 2.53. The zero-order valence-corrected chi connectivity index (χ0v) is 13.7. The van der Waals surface area contributed by atoms with Crippen molar-refractivity contribution < 1.29 is 18.3 Å². The molecule has 0 aromatic heterocycles. The van der Waals surface area contributed by atoms with Crippen LogP contribution in [0.5, 0.6) is 0 Å². The van der Waals surface area contributed by atoms with Gasteiger partial charge in [-0.15, -0.1) is 6.58 Å². The quantitative estimate of drug-likeness (QED) is 0.187. The van der Waals surface area contributed by atoms with Gasteiger partial charge >= 0.3 is 5.97 Å². The molecule has 0 N–H and O–H groups in total. The zero-order valence-electron chi connectivity index (χ0n) is 12.9. The van der Waals surface area contributed by atoms with E-state index in [0.29, 0.717) is 6.42 Å². The number of azide groups is 1. The predicted octanol–water partition coefficient (Wildman–Crippen LogP) is 2.08. The Morgan fingerprint density at radius 2 is 2.29 bits per heavy atom. The van der Waals surface area contributed by atoms with Gasteiger partial charge in [0.1, 0.15) is 6.61 Å². The minimum atomic E-state index is -2.51. The van der Waals surface area contributed by atoms with E-state index in [4.69, 9.17) is 10.3 Å². The van der Waals surface area contributed by atoms with Crippen molar-refractivity contribution in [1.29, 1.82) is 0 Å². The maximum Gasteiger partial charge on any atom is 0.320 e. The van der Waals surface area contributed by atoms with Crippen LogP contribution in [0.15, 0.2) is 48.1 Å². The third-order valence-electron chi connectivity index (χ3n) is 3.97. The summed E-state index contributed by atoms with van der Waals surface area (Å²) in [5.74, 6) is -1.25. The first-order chi connectivity index (χ1) is 11.5. The van der Waals surface area contributed by atoms with Gasteiger partial charge in [-0.3, -0.25) is 9.00 Å². The van der Waals surface area contributed by atoms with E-state index < -0.39 is 28.7 Å². The van der Waals surface area contributed by atoms with E-state index in [1.165, 1.54) is 0 Å². The second-order valence-corrected chi connectivity index (χ2v) is 6.39. The molecule has 9 heteroatoms. The van der Waals surface area contributed by atoms with E-state index in [1.807, 2.05) is 18.2 Å². The van der Waals surface area contributed by atoms with E-state index in [2.05, 4.69) is 16.6 Å². The molecule has 3 atom stereocenters. The maximum absolute atomic E-state index is 12.6. The van der Waals surface area contributed by atoms with E-state index in [-0.39, 0.29) is 19.7 Å². The van der Waals surface area contributed by atoms with Crippen molar-refractivity contribution in [2.24, 2.45) is 11.0 Å². The average Bonchev–Trinajstić information content (AvgIpc) is 2.94. The Labute approximate surface area is 142 Å². The van der Waals surface area contributed by atoms with Gasteiger partial charge in [-0.25, -0.2) is 4.31 Å². The molecular weight excluding hydrogens is 332 g/mol. The Morgan fingerprint density at radius 1 is 1.58 bits per heavy atom. The lowest BCUT2D eigenvalue weighted by molar-refractivity contribution is -0.152. The lowest BCUT2D eigenvalue weighted by Gasteiger charge is -2.27. The van der Waals surface area contributed by atoms with Crippen LogP contribution in [0.2, 0.25) is 0 Å². The number of hydrogen-bond donors (Lipinski definition) is 0. The van der Waals surface area contributed by atoms with Crippen molar-refractivity contribution in [2.45, 2.75) is 18.6 Å². The monoisotopic (exact) mass is 349 g/mol. The summed E-state index contributed by atoms with van der Waals surface area (Å²) in [4.78, 5) is 15.4. The Morgan fingerprint density at radius 3 is 2.88 bits per heavy atom. The Balaban J connectivity index is 2.23. The number of esters is 1. The number of hydrogen-bond acceptors (Lipinski definition) is 5. The summed E-state index contributed by atoms with van der Waals surface area (Å²) in [6.07, 6.45) is 1.89. The van der Waals surface area contributed by atoms with Crippen LogP contribution in [-0.4, -0.2) is 37.7 Å². The molecule has 1 aliphatic heterocycles. The molecule has 1 heterocycles. The van der Waals surface area contributed by atoms with Gasteiger partial charge in [-0.2, -0.15) is 0 Å². The smallest absolute Gasteiger partial charge is 0.320 e. The van der Waals surface area contributed by atoms with Crippen molar-refractivity contribution in [3.05, 3.63) is 59.0 Å². The molecule has 0 aliphatic carbocycles. The highest BCUT2D eigenvalue weighted by molar-refractivity contribution is 7.76. The van der Waals surface area contributed by atoms with Gasteiger partial charge in [0.2, 0.25) is 0 Å². The topological polar surface area (TPSA) is 118 Å². The number of allylic oxidation sites excluding steroid dienone is 1. The van der Waals surface area contributed by atoms with Crippen LogP contribution in [0, 0.1) is 5.92 Å². The van der Waals surface area contributed by atoms with Crippen LogP contribution >= 0.6 is 0 Å². The van der Waals surface area contributed by atoms with Gasteiger partial charge in [0.25, 0.3) is 0 Å². The number of ether oxygens (including phenoxy) is 1. The van der Waals surface area contributed by atoms with Gasteiger partial charge in [-0.1, -0.05) is 41.5 Å². The summed E-state index contributed by atoms with van der Waals surface area (Å²) in [6, 6.07) is 9.05. The van der Waals surface area contributed by atoms with Gasteiger partial charge in [0, 0.05) is 29.3 Å². The van der Waals surface area contributed by atoms with E-state index >= 15 is 0 Å². The second kappa shape index (κ2) is 8.07. The van der Waals surface area contributed by atoms with Crippen molar-refractivity contribution in [3.8, 4) is 0 Å². The first-order valence-electron chi connectivity index (χ1n) is 7.26. The first-order valence-corrected chi connectivity index (χ1v) is 8.29. The molecule has 0 radical (unpaired) electrons. The molecule has 1 aliphatic rings. The average molecular weight is 349 g/mol. The Kier molecular flexibility index (Phi) is 6.10. The van der Waals surface area contributed by atoms with E-state index in [1.54, 1.807) is 18.2 Å². The van der Waals surface area contributed by atoms with Crippen molar-refractivity contribution in [1.82, 2.24) is 4.31 Å². The maximum atomic E-state index is 12.6. The number of nitrogens with zero attached hydrogens (tertiary/aromatic N) is 4. The standard InChI is InChI=1S/C15H18N4O4S/c1-2-6-13-9-19(24(21)22)11-15(13,17-18-16)14(20)23-10-12-7-4-3-5-8-12/h2-5,7-8,13H,1,6,9-11H2,(H,21,22)/p-1/t13-,15-/m0/s1. The van der Waals surface area contributed by atoms with Crippen molar-refractivity contribution in [3.63, 3.8) is 0 Å². The molecular formula is C15H17N4O4S-. The summed E-state index contributed by atoms with van der Waals surface area (Å²) >= 11 is -2.51. The second-order valence-electron chi connectivity index (χ2n) is 5.44. The van der Waals surface area contributed by atoms with Crippen LogP contribution in [0.4, 0.5) is 0 Å². The number of benzene rings is 1. The van der Waals surface area contributed by atoms with Crippen LogP contribution in [0.1, 0.15) is 12.0 Å². The summed E-state index contributed by atoms with van der Waals surface area (Å²) in [7, 11) is 0. The van der Waals surface area contributed by atoms with Crippen LogP contribution < -0.4 is 0 Å². The molecule has 1 aromatic carbocycles. The first kappa shape index (κ1) is 18.2. The molecule has 1 fully saturated rings. The summed E-state index contributed by atoms with van der Waals surface area (Å²) in [5, 5.41) is 3.64. The third-order valence-corrected chi connectivity index (χ3v) is 4.67. The lowest BCUT2D eigenvalue weighted by atomic mass is 9.85. The molecule has 128 valence electrons. The number of rotatable bonds is 7. The summed E-state index contributed by atoms with van der Waals surface area (Å²) < 4.78 is 28.9. The molecule has 1 saturated heterocycles. The van der Waals surface area contributed by atoms with Gasteiger partial charge in [0.05, 0.1) is 0 Å². The fraction of sp³-hybridized carbons (Fsp3) is 0.400. The molecule has 2 rings (SSSR count). The number of carbonyl (C=O) groups is 1. The molecule has 8 nitrogen and oxygen atoms in total. The predicted molar refractivity (Wildman–Crippen MR) is 86.9 cm³/mol. The minimum Gasteiger partial charge on any atom is -0.760 e. The van der Waals surface area contributed by atoms with Crippen LogP contribution in [0.3, 0.4) is 0 Å². The van der Waals surface area contributed by atoms with Crippen LogP contribution in [-0.2, 0) is 27.4 Å². The SMILES string of the molecule is C=CC[C@H]1CN(S(=O)[O-])C[C@@]1(N=[N+]=[N-])C(=O)OCc1ccccc1. The summed E-state index contributed by atoms with van der Waals surface area (Å²) in [6.45, 7) is 3.46. The molecule has 1 aromatic rings. The normalized spacial score (nSPS) is 24.8. The fourth-order valence-electron chi connectivity index (χ4n) is 2.76. The molecule has 0 spiro atoms. The molecule has 0 bridgehead atoms. The largest absolute Gasteiger partial charge is 0.760 e. The Bertz CT molecular complexity index is 677. The summed E-state index contributed by atoms with van der Waals surface area (Å²) in [5.41, 5.74) is 8.09. The van der Waals surface area contributed by atoms with Crippen molar-refractivity contribution >= 4 is 17.2 Å². The third kappa shape index (κ3) is 3.82. The molecule has 0 amide bonds. The molecule has 0 saturated carbocycles. The fourth-order valence-corrected chi connectivity index (χ4v) is 3.36.